The van der Waals surface area contributed by atoms with Crippen LogP contribution in [0.2, 0.25) is 0 Å². The summed E-state index contributed by atoms with van der Waals surface area (Å²) in [5.74, 6) is -1.58. The Morgan fingerprint density at radius 3 is 2.66 bits per heavy atom. The van der Waals surface area contributed by atoms with Gasteiger partial charge in [-0.15, -0.1) is 11.3 Å². The third kappa shape index (κ3) is 5.99. The summed E-state index contributed by atoms with van der Waals surface area (Å²) in [4.78, 5) is 56.9. The van der Waals surface area contributed by atoms with E-state index in [9.17, 15) is 24.3 Å². The molecule has 4 aromatic rings. The molecule has 3 aromatic heterocycles. The van der Waals surface area contributed by atoms with Crippen molar-refractivity contribution in [2.24, 2.45) is 0 Å². The van der Waals surface area contributed by atoms with E-state index in [0.29, 0.717) is 18.6 Å². The van der Waals surface area contributed by atoms with Gasteiger partial charge in [-0.1, -0.05) is 31.2 Å². The number of aliphatic carboxylic acids is 1. The number of carboxylic acids is 1. The standard InChI is InChI=1S/C31H35N3O9S/c1-5-23(35)42-17-19-10-6-7-11-20(19)21(43-24-12-8-9-14-40-24)16-22-18(2)25-26(36)33(29-32-13-15-41-29)30(39)34(27(25)44-22)31(3,4)28(37)38/h6-7,10-11,13,15,21,24H,5,8-9,12,14,16-17H2,1-4H3,(H,37,38)/t21-,24?/m1/s1. The Labute approximate surface area is 256 Å². The van der Waals surface area contributed by atoms with E-state index in [1.165, 1.54) is 37.6 Å². The lowest BCUT2D eigenvalue weighted by Gasteiger charge is -2.29. The first kappa shape index (κ1) is 31.4. The number of carbonyl (C=O) groups is 2. The average molecular weight is 626 g/mol. The molecular weight excluding hydrogens is 590 g/mol. The highest BCUT2D eigenvalue weighted by molar-refractivity contribution is 7.18. The highest BCUT2D eigenvalue weighted by Gasteiger charge is 2.36. The minimum Gasteiger partial charge on any atom is -0.480 e. The fourth-order valence-corrected chi connectivity index (χ4v) is 6.72. The molecule has 0 amide bonds. The van der Waals surface area contributed by atoms with Crippen molar-refractivity contribution < 1.29 is 33.3 Å². The second-order valence-corrected chi connectivity index (χ2v) is 12.2. The minimum absolute atomic E-state index is 0.0623. The van der Waals surface area contributed by atoms with Gasteiger partial charge < -0.3 is 23.7 Å². The summed E-state index contributed by atoms with van der Waals surface area (Å²) >= 11 is 1.17. The number of hydrogen-bond acceptors (Lipinski definition) is 10. The quantitative estimate of drug-likeness (QED) is 0.234. The Bertz CT molecular complexity index is 1780. The number of fused-ring (bicyclic) bond motifs is 1. The van der Waals surface area contributed by atoms with Gasteiger partial charge in [0.1, 0.15) is 23.2 Å². The summed E-state index contributed by atoms with van der Waals surface area (Å²) in [5, 5.41) is 10.3. The molecule has 1 fully saturated rings. The van der Waals surface area contributed by atoms with E-state index < -0.39 is 35.2 Å². The van der Waals surface area contributed by atoms with E-state index >= 15 is 0 Å². The second kappa shape index (κ2) is 12.9. The highest BCUT2D eigenvalue weighted by Crippen LogP contribution is 2.37. The van der Waals surface area contributed by atoms with Crippen molar-refractivity contribution in [1.29, 1.82) is 0 Å². The van der Waals surface area contributed by atoms with E-state index in [-0.39, 0.29) is 41.6 Å². The molecule has 1 N–H and O–H groups in total. The Balaban J connectivity index is 1.67. The number of carbonyl (C=O) groups excluding carboxylic acids is 1. The molecule has 1 aliphatic rings. The van der Waals surface area contributed by atoms with E-state index in [1.807, 2.05) is 24.3 Å². The summed E-state index contributed by atoms with van der Waals surface area (Å²) in [6.45, 7) is 6.93. The Morgan fingerprint density at radius 1 is 1.23 bits per heavy atom. The number of benzene rings is 1. The summed E-state index contributed by atoms with van der Waals surface area (Å²) < 4.78 is 25.1. The van der Waals surface area contributed by atoms with Gasteiger partial charge in [-0.2, -0.15) is 4.57 Å². The van der Waals surface area contributed by atoms with E-state index in [4.69, 9.17) is 18.6 Å². The van der Waals surface area contributed by atoms with Crippen LogP contribution < -0.4 is 11.2 Å². The van der Waals surface area contributed by atoms with Gasteiger partial charge in [0.05, 0.1) is 17.7 Å². The van der Waals surface area contributed by atoms with Crippen LogP contribution in [-0.4, -0.2) is 44.1 Å². The van der Waals surface area contributed by atoms with Crippen LogP contribution in [0.1, 0.15) is 74.1 Å². The molecule has 1 saturated heterocycles. The summed E-state index contributed by atoms with van der Waals surface area (Å²) in [6, 6.07) is 7.25. The number of hydrogen-bond donors (Lipinski definition) is 1. The van der Waals surface area contributed by atoms with E-state index in [1.54, 1.807) is 13.8 Å². The van der Waals surface area contributed by atoms with Crippen LogP contribution in [-0.2, 0) is 42.4 Å². The molecule has 5 rings (SSSR count). The molecule has 1 aromatic carbocycles. The van der Waals surface area contributed by atoms with Crippen LogP contribution in [0, 0.1) is 6.92 Å². The topological polar surface area (TPSA) is 152 Å². The molecule has 1 unspecified atom stereocenters. The van der Waals surface area contributed by atoms with Crippen LogP contribution in [0.5, 0.6) is 0 Å². The first-order valence-corrected chi connectivity index (χ1v) is 15.3. The molecule has 2 atom stereocenters. The summed E-state index contributed by atoms with van der Waals surface area (Å²) in [5.41, 5.74) is -1.11. The molecule has 0 aliphatic carbocycles. The third-order valence-corrected chi connectivity index (χ3v) is 9.13. The lowest BCUT2D eigenvalue weighted by Crippen LogP contribution is -2.48. The number of esters is 1. The maximum absolute atomic E-state index is 13.8. The minimum atomic E-state index is -1.71. The molecule has 0 bridgehead atoms. The molecule has 12 nitrogen and oxygen atoms in total. The number of aromatic nitrogens is 3. The molecule has 44 heavy (non-hydrogen) atoms. The summed E-state index contributed by atoms with van der Waals surface area (Å²) in [7, 11) is 0. The lowest BCUT2D eigenvalue weighted by molar-refractivity contribution is -0.189. The normalized spacial score (nSPS) is 16.2. The first-order chi connectivity index (χ1) is 21.0. The number of carboxylic acid groups (broad SMARTS) is 1. The zero-order valence-electron chi connectivity index (χ0n) is 25.0. The van der Waals surface area contributed by atoms with Crippen molar-refractivity contribution in [3.63, 3.8) is 0 Å². The molecular formula is C31H35N3O9S. The van der Waals surface area contributed by atoms with Gasteiger partial charge in [0.2, 0.25) is 0 Å². The SMILES string of the molecule is CCC(=O)OCc1ccccc1[C@@H](Cc1sc2c(c1C)c(=O)n(-c1ncco1)c(=O)n2C(C)(C)C(=O)O)OC1CCCCO1. The monoisotopic (exact) mass is 625 g/mol. The maximum atomic E-state index is 13.8. The average Bonchev–Trinajstić information content (AvgIpc) is 3.64. The lowest BCUT2D eigenvalue weighted by atomic mass is 9.98. The van der Waals surface area contributed by atoms with Gasteiger partial charge in [0.15, 0.2) is 6.29 Å². The summed E-state index contributed by atoms with van der Waals surface area (Å²) in [6.07, 6.45) is 4.64. The molecule has 13 heteroatoms. The largest absolute Gasteiger partial charge is 0.480 e. The zero-order valence-corrected chi connectivity index (χ0v) is 25.8. The Hall–Kier alpha value is -4.07. The molecule has 1 aliphatic heterocycles. The number of oxazole rings is 1. The van der Waals surface area contributed by atoms with Gasteiger partial charge in [0.25, 0.3) is 5.56 Å². The van der Waals surface area contributed by atoms with Crippen molar-refractivity contribution >= 4 is 33.5 Å². The van der Waals surface area contributed by atoms with E-state index in [2.05, 4.69) is 4.98 Å². The molecule has 0 saturated carbocycles. The predicted molar refractivity (Wildman–Crippen MR) is 161 cm³/mol. The van der Waals surface area contributed by atoms with Crippen molar-refractivity contribution in [3.05, 3.63) is 79.1 Å². The van der Waals surface area contributed by atoms with Gasteiger partial charge in [0, 0.05) is 24.3 Å². The Kier molecular flexibility index (Phi) is 9.18. The number of nitrogens with zero attached hydrogens (tertiary/aromatic N) is 3. The van der Waals surface area contributed by atoms with Crippen LogP contribution in [0.3, 0.4) is 0 Å². The number of rotatable bonds is 11. The van der Waals surface area contributed by atoms with Gasteiger partial charge >= 0.3 is 23.6 Å². The van der Waals surface area contributed by atoms with Crippen LogP contribution >= 0.6 is 11.3 Å². The molecule has 234 valence electrons. The smallest absolute Gasteiger partial charge is 0.341 e. The van der Waals surface area contributed by atoms with Crippen molar-refractivity contribution in [1.82, 2.24) is 14.1 Å². The van der Waals surface area contributed by atoms with Crippen molar-refractivity contribution in [2.75, 3.05) is 6.61 Å². The number of thiophene rings is 1. The van der Waals surface area contributed by atoms with Crippen LogP contribution in [0.15, 0.2) is 50.7 Å². The Morgan fingerprint density at radius 2 is 2.00 bits per heavy atom. The second-order valence-electron chi connectivity index (χ2n) is 11.1. The highest BCUT2D eigenvalue weighted by atomic mass is 32.1. The van der Waals surface area contributed by atoms with Crippen molar-refractivity contribution in [3.8, 4) is 6.01 Å². The van der Waals surface area contributed by atoms with Gasteiger partial charge in [-0.05, 0) is 56.7 Å². The maximum Gasteiger partial charge on any atom is 0.341 e. The van der Waals surface area contributed by atoms with Crippen molar-refractivity contribution in [2.45, 2.75) is 84.3 Å². The number of ether oxygens (including phenoxy) is 3. The van der Waals surface area contributed by atoms with Crippen LogP contribution in [0.25, 0.3) is 16.2 Å². The first-order valence-electron chi connectivity index (χ1n) is 14.5. The van der Waals surface area contributed by atoms with Gasteiger partial charge in [-0.3, -0.25) is 14.2 Å². The predicted octanol–water partition coefficient (Wildman–Crippen LogP) is 4.61. The van der Waals surface area contributed by atoms with E-state index in [0.717, 1.165) is 38.0 Å². The van der Waals surface area contributed by atoms with Gasteiger partial charge in [-0.25, -0.2) is 14.6 Å². The molecule has 4 heterocycles. The third-order valence-electron chi connectivity index (χ3n) is 7.83. The zero-order chi connectivity index (χ0) is 31.6. The fourth-order valence-electron chi connectivity index (χ4n) is 5.26. The molecule has 0 radical (unpaired) electrons. The molecule has 0 spiro atoms. The van der Waals surface area contributed by atoms with Crippen LogP contribution in [0.4, 0.5) is 0 Å². The fraction of sp³-hybridized carbons (Fsp3) is 0.452. The number of aryl methyl sites for hydroxylation is 1.